The molecule has 0 bridgehead atoms. The van der Waals surface area contributed by atoms with Crippen molar-refractivity contribution < 1.29 is 26.1 Å². The SMILES string of the molecule is Cc1cc(O)cc(OS(=O)(=O)c2ccccc2S(=O)(=O)N2CCC(N3CCCCC3)CC2)c1. The van der Waals surface area contributed by atoms with Crippen molar-refractivity contribution >= 4 is 20.1 Å². The number of rotatable bonds is 6. The van der Waals surface area contributed by atoms with Gasteiger partial charge in [-0.15, -0.1) is 0 Å². The third-order valence-electron chi connectivity index (χ3n) is 6.31. The molecule has 0 saturated carbocycles. The molecule has 0 unspecified atom stereocenters. The van der Waals surface area contributed by atoms with E-state index in [2.05, 4.69) is 4.90 Å². The Morgan fingerprint density at radius 1 is 0.879 bits per heavy atom. The van der Waals surface area contributed by atoms with Gasteiger partial charge in [-0.25, -0.2) is 8.42 Å². The molecule has 0 spiro atoms. The van der Waals surface area contributed by atoms with Crippen LogP contribution in [0.25, 0.3) is 0 Å². The van der Waals surface area contributed by atoms with Gasteiger partial charge in [0.2, 0.25) is 10.0 Å². The first-order valence-corrected chi connectivity index (χ1v) is 14.1. The average molecular weight is 495 g/mol. The number of hydrogen-bond donors (Lipinski definition) is 1. The van der Waals surface area contributed by atoms with Crippen LogP contribution in [-0.2, 0) is 20.1 Å². The van der Waals surface area contributed by atoms with E-state index >= 15 is 0 Å². The molecule has 1 N–H and O–H groups in total. The molecule has 2 heterocycles. The molecular weight excluding hydrogens is 464 g/mol. The fourth-order valence-electron chi connectivity index (χ4n) is 4.69. The second-order valence-corrected chi connectivity index (χ2v) is 12.1. The van der Waals surface area contributed by atoms with Crippen LogP contribution in [0.15, 0.2) is 52.3 Å². The molecular formula is C23H30N2O6S2. The van der Waals surface area contributed by atoms with E-state index in [1.54, 1.807) is 6.92 Å². The van der Waals surface area contributed by atoms with Crippen LogP contribution < -0.4 is 4.18 Å². The van der Waals surface area contributed by atoms with Crippen LogP contribution in [0, 0.1) is 6.92 Å². The van der Waals surface area contributed by atoms with Crippen molar-refractivity contribution in [1.82, 2.24) is 9.21 Å². The monoisotopic (exact) mass is 494 g/mol. The molecule has 10 heteroatoms. The van der Waals surface area contributed by atoms with Gasteiger partial charge >= 0.3 is 10.1 Å². The van der Waals surface area contributed by atoms with Gasteiger partial charge in [0.15, 0.2) is 0 Å². The number of nitrogens with zero attached hydrogens (tertiary/aromatic N) is 2. The highest BCUT2D eigenvalue weighted by atomic mass is 32.2. The fourth-order valence-corrected chi connectivity index (χ4v) is 7.85. The highest BCUT2D eigenvalue weighted by Gasteiger charge is 2.35. The van der Waals surface area contributed by atoms with Gasteiger partial charge in [-0.05, 0) is 75.5 Å². The summed E-state index contributed by atoms with van der Waals surface area (Å²) in [7, 11) is -8.48. The minimum Gasteiger partial charge on any atom is -0.508 e. The number of aromatic hydroxyl groups is 1. The minimum atomic E-state index is -4.45. The van der Waals surface area contributed by atoms with Crippen molar-refractivity contribution in [3.63, 3.8) is 0 Å². The van der Waals surface area contributed by atoms with Crippen molar-refractivity contribution in [1.29, 1.82) is 0 Å². The lowest BCUT2D eigenvalue weighted by Crippen LogP contribution is -2.48. The molecule has 180 valence electrons. The van der Waals surface area contributed by atoms with E-state index < -0.39 is 25.0 Å². The van der Waals surface area contributed by atoms with Crippen LogP contribution in [0.4, 0.5) is 0 Å². The molecule has 0 radical (unpaired) electrons. The molecule has 2 aliphatic heterocycles. The van der Waals surface area contributed by atoms with Gasteiger partial charge in [-0.1, -0.05) is 18.6 Å². The molecule has 2 aromatic rings. The average Bonchev–Trinajstić information content (AvgIpc) is 2.79. The van der Waals surface area contributed by atoms with Gasteiger partial charge in [-0.3, -0.25) is 0 Å². The first kappa shape index (κ1) is 24.0. The summed E-state index contributed by atoms with van der Waals surface area (Å²) in [4.78, 5) is 1.75. The van der Waals surface area contributed by atoms with Crippen LogP contribution in [-0.4, -0.2) is 63.4 Å². The first-order valence-electron chi connectivity index (χ1n) is 11.3. The summed E-state index contributed by atoms with van der Waals surface area (Å²) in [6, 6.07) is 9.97. The predicted octanol–water partition coefficient (Wildman–Crippen LogP) is 3.11. The van der Waals surface area contributed by atoms with Gasteiger partial charge in [-0.2, -0.15) is 12.7 Å². The maximum Gasteiger partial charge on any atom is 0.340 e. The molecule has 2 aromatic carbocycles. The van der Waals surface area contributed by atoms with Crippen LogP contribution in [0.1, 0.15) is 37.7 Å². The Morgan fingerprint density at radius 3 is 2.15 bits per heavy atom. The van der Waals surface area contributed by atoms with Gasteiger partial charge < -0.3 is 14.2 Å². The first-order chi connectivity index (χ1) is 15.7. The summed E-state index contributed by atoms with van der Waals surface area (Å²) in [5, 5.41) is 9.75. The minimum absolute atomic E-state index is 0.0814. The van der Waals surface area contributed by atoms with Crippen molar-refractivity contribution in [2.45, 2.75) is 54.9 Å². The molecule has 0 aromatic heterocycles. The number of benzene rings is 2. The second kappa shape index (κ2) is 9.61. The summed E-state index contributed by atoms with van der Waals surface area (Å²) >= 11 is 0. The van der Waals surface area contributed by atoms with Crippen molar-refractivity contribution in [2.75, 3.05) is 26.2 Å². The zero-order valence-electron chi connectivity index (χ0n) is 18.7. The number of piperidine rings is 2. The van der Waals surface area contributed by atoms with Crippen LogP contribution in [0.3, 0.4) is 0 Å². The normalized spacial score (nSPS) is 19.4. The molecule has 2 aliphatic rings. The molecule has 2 fully saturated rings. The Morgan fingerprint density at radius 2 is 1.52 bits per heavy atom. The highest BCUT2D eigenvalue weighted by Crippen LogP contribution is 2.31. The van der Waals surface area contributed by atoms with E-state index in [0.717, 1.165) is 25.9 Å². The fraction of sp³-hybridized carbons (Fsp3) is 0.478. The van der Waals surface area contributed by atoms with E-state index in [1.165, 1.54) is 66.0 Å². The lowest BCUT2D eigenvalue weighted by Gasteiger charge is -2.39. The number of phenolic OH excluding ortho intramolecular Hbond substituents is 1. The Kier molecular flexibility index (Phi) is 6.99. The van der Waals surface area contributed by atoms with E-state index in [9.17, 15) is 21.9 Å². The second-order valence-electron chi connectivity index (χ2n) is 8.72. The number of likely N-dealkylation sites (tertiary alicyclic amines) is 1. The van der Waals surface area contributed by atoms with Crippen LogP contribution in [0.5, 0.6) is 11.5 Å². The van der Waals surface area contributed by atoms with E-state index in [1.807, 2.05) is 0 Å². The maximum absolute atomic E-state index is 13.5. The smallest absolute Gasteiger partial charge is 0.340 e. The molecule has 0 amide bonds. The number of aryl methyl sites for hydroxylation is 1. The van der Waals surface area contributed by atoms with Gasteiger partial charge in [0.1, 0.15) is 21.3 Å². The standard InChI is InChI=1S/C23H30N2O6S2/c1-18-15-20(26)17-21(16-18)31-33(29,30)23-8-4-3-7-22(23)32(27,28)25-13-9-19(10-14-25)24-11-5-2-6-12-24/h3-4,7-8,15-17,19,26H,2,5-6,9-14H2,1H3. The summed E-state index contributed by atoms with van der Waals surface area (Å²) < 4.78 is 59.5. The van der Waals surface area contributed by atoms with Gasteiger partial charge in [0, 0.05) is 25.2 Å². The Balaban J connectivity index is 1.56. The van der Waals surface area contributed by atoms with Crippen LogP contribution >= 0.6 is 0 Å². The highest BCUT2D eigenvalue weighted by molar-refractivity contribution is 7.91. The molecule has 0 aliphatic carbocycles. The van der Waals surface area contributed by atoms with E-state index in [4.69, 9.17) is 4.18 Å². The van der Waals surface area contributed by atoms with Crippen LogP contribution in [0.2, 0.25) is 0 Å². The maximum atomic E-state index is 13.5. The summed E-state index contributed by atoms with van der Waals surface area (Å²) in [5.74, 6) is -0.222. The molecule has 8 nitrogen and oxygen atoms in total. The Bertz CT molecular complexity index is 1180. The Labute approximate surface area is 196 Å². The summed E-state index contributed by atoms with van der Waals surface area (Å²) in [6.45, 7) is 4.51. The summed E-state index contributed by atoms with van der Waals surface area (Å²) in [6.07, 6.45) is 5.07. The zero-order chi connectivity index (χ0) is 23.6. The van der Waals surface area contributed by atoms with Crippen molar-refractivity contribution in [3.05, 3.63) is 48.0 Å². The van der Waals surface area contributed by atoms with Crippen molar-refractivity contribution in [2.24, 2.45) is 0 Å². The largest absolute Gasteiger partial charge is 0.508 e. The molecule has 2 saturated heterocycles. The molecule has 4 rings (SSSR count). The zero-order valence-corrected chi connectivity index (χ0v) is 20.3. The number of hydrogen-bond acceptors (Lipinski definition) is 7. The number of sulfonamides is 1. The van der Waals surface area contributed by atoms with Gasteiger partial charge in [0.25, 0.3) is 0 Å². The molecule has 33 heavy (non-hydrogen) atoms. The van der Waals surface area contributed by atoms with E-state index in [0.29, 0.717) is 24.7 Å². The van der Waals surface area contributed by atoms with E-state index in [-0.39, 0.29) is 16.4 Å². The third-order valence-corrected chi connectivity index (χ3v) is 9.70. The summed E-state index contributed by atoms with van der Waals surface area (Å²) in [5.41, 5.74) is 0.609. The number of phenols is 1. The Hall–Kier alpha value is -2.14. The quantitative estimate of drug-likeness (QED) is 0.615. The molecule has 0 atom stereocenters. The topological polar surface area (TPSA) is 104 Å². The lowest BCUT2D eigenvalue weighted by molar-refractivity contribution is 0.117. The lowest BCUT2D eigenvalue weighted by atomic mass is 10.0. The van der Waals surface area contributed by atoms with Gasteiger partial charge in [0.05, 0.1) is 0 Å². The van der Waals surface area contributed by atoms with Crippen molar-refractivity contribution in [3.8, 4) is 11.5 Å². The third kappa shape index (κ3) is 5.34. The predicted molar refractivity (Wildman–Crippen MR) is 124 cm³/mol.